The standard InChI is InChI=1S/C10H6F3N3O3S/c11-4-1-5(12)8(6(13)2-4)16-9(19)14-15-10(16)20-3-7(17)18/h1-2H,3H2,(H,14,19)(H,17,18). The van der Waals surface area contributed by atoms with E-state index in [2.05, 4.69) is 5.10 Å². The molecule has 0 aliphatic carbocycles. The Bertz CT molecular complexity index is 705. The zero-order valence-corrected chi connectivity index (χ0v) is 10.4. The average Bonchev–Trinajstić information content (AvgIpc) is 2.67. The number of halogens is 3. The summed E-state index contributed by atoms with van der Waals surface area (Å²) in [5.41, 5.74) is -1.79. The molecular weight excluding hydrogens is 299 g/mol. The van der Waals surface area contributed by atoms with Gasteiger partial charge in [0.25, 0.3) is 0 Å². The molecule has 2 aromatic rings. The van der Waals surface area contributed by atoms with Crippen molar-refractivity contribution in [3.63, 3.8) is 0 Å². The molecule has 106 valence electrons. The second kappa shape index (κ2) is 5.41. The number of hydrogen-bond donors (Lipinski definition) is 2. The maximum Gasteiger partial charge on any atom is 0.348 e. The van der Waals surface area contributed by atoms with Gasteiger partial charge in [-0.3, -0.25) is 4.79 Å². The van der Waals surface area contributed by atoms with E-state index in [-0.39, 0.29) is 5.16 Å². The van der Waals surface area contributed by atoms with Crippen molar-refractivity contribution in [3.05, 3.63) is 40.1 Å². The van der Waals surface area contributed by atoms with Crippen LogP contribution in [0.15, 0.2) is 22.1 Å². The smallest absolute Gasteiger partial charge is 0.348 e. The number of thioether (sulfide) groups is 1. The Kier molecular flexibility index (Phi) is 3.84. The third-order valence-electron chi connectivity index (χ3n) is 2.17. The van der Waals surface area contributed by atoms with E-state index < -0.39 is 40.6 Å². The van der Waals surface area contributed by atoms with Gasteiger partial charge in [0.1, 0.15) is 11.5 Å². The Hall–Kier alpha value is -2.23. The number of aliphatic carboxylic acids is 1. The Labute approximate surface area is 113 Å². The summed E-state index contributed by atoms with van der Waals surface area (Å²) in [4.78, 5) is 22.0. The van der Waals surface area contributed by atoms with E-state index in [0.29, 0.717) is 28.5 Å². The van der Waals surface area contributed by atoms with Crippen molar-refractivity contribution in [2.24, 2.45) is 0 Å². The first-order valence-electron chi connectivity index (χ1n) is 5.07. The molecule has 0 spiro atoms. The zero-order chi connectivity index (χ0) is 14.9. The van der Waals surface area contributed by atoms with Gasteiger partial charge in [-0.1, -0.05) is 11.8 Å². The lowest BCUT2D eigenvalue weighted by molar-refractivity contribution is -0.133. The number of rotatable bonds is 4. The van der Waals surface area contributed by atoms with E-state index in [9.17, 15) is 22.8 Å². The van der Waals surface area contributed by atoms with Crippen molar-refractivity contribution in [2.75, 3.05) is 5.75 Å². The molecule has 20 heavy (non-hydrogen) atoms. The predicted octanol–water partition coefficient (Wildman–Crippen LogP) is 1.15. The van der Waals surface area contributed by atoms with E-state index in [1.807, 2.05) is 5.10 Å². The van der Waals surface area contributed by atoms with Crippen LogP contribution >= 0.6 is 11.8 Å². The Balaban J connectivity index is 2.56. The summed E-state index contributed by atoms with van der Waals surface area (Å²) < 4.78 is 40.6. The molecule has 0 saturated heterocycles. The molecule has 1 aromatic carbocycles. The van der Waals surface area contributed by atoms with Crippen molar-refractivity contribution in [3.8, 4) is 5.69 Å². The number of hydrogen-bond acceptors (Lipinski definition) is 4. The van der Waals surface area contributed by atoms with Crippen LogP contribution in [0, 0.1) is 17.5 Å². The number of carboxylic acids is 1. The van der Waals surface area contributed by atoms with Crippen LogP contribution in [0.4, 0.5) is 13.2 Å². The Morgan fingerprint density at radius 2 is 1.95 bits per heavy atom. The van der Waals surface area contributed by atoms with E-state index in [4.69, 9.17) is 5.11 Å². The van der Waals surface area contributed by atoms with Crippen LogP contribution in [-0.2, 0) is 4.79 Å². The summed E-state index contributed by atoms with van der Waals surface area (Å²) in [6.45, 7) is 0. The van der Waals surface area contributed by atoms with Crippen molar-refractivity contribution in [1.82, 2.24) is 14.8 Å². The maximum atomic E-state index is 13.6. The molecule has 0 fully saturated rings. The van der Waals surface area contributed by atoms with Crippen molar-refractivity contribution in [1.29, 1.82) is 0 Å². The predicted molar refractivity (Wildman–Crippen MR) is 62.4 cm³/mol. The molecule has 0 saturated carbocycles. The quantitative estimate of drug-likeness (QED) is 0.827. The molecule has 6 nitrogen and oxygen atoms in total. The second-order valence-electron chi connectivity index (χ2n) is 3.55. The van der Waals surface area contributed by atoms with Gasteiger partial charge >= 0.3 is 11.7 Å². The molecular formula is C10H6F3N3O3S. The normalized spacial score (nSPS) is 10.8. The Morgan fingerprint density at radius 3 is 2.50 bits per heavy atom. The molecule has 0 aliphatic rings. The first-order valence-corrected chi connectivity index (χ1v) is 6.05. The number of H-pyrrole nitrogens is 1. The lowest BCUT2D eigenvalue weighted by atomic mass is 10.3. The van der Waals surface area contributed by atoms with Crippen LogP contribution in [-0.4, -0.2) is 31.6 Å². The van der Waals surface area contributed by atoms with Crippen LogP contribution in [0.2, 0.25) is 0 Å². The third-order valence-corrected chi connectivity index (χ3v) is 3.09. The van der Waals surface area contributed by atoms with Crippen LogP contribution in [0.1, 0.15) is 0 Å². The van der Waals surface area contributed by atoms with E-state index in [1.54, 1.807) is 0 Å². The minimum atomic E-state index is -1.30. The van der Waals surface area contributed by atoms with Gasteiger partial charge < -0.3 is 5.11 Å². The zero-order valence-electron chi connectivity index (χ0n) is 9.56. The molecule has 0 radical (unpaired) electrons. The fourth-order valence-electron chi connectivity index (χ4n) is 1.45. The average molecular weight is 305 g/mol. The number of carbonyl (C=O) groups is 1. The van der Waals surface area contributed by atoms with Crippen LogP contribution in [0.5, 0.6) is 0 Å². The van der Waals surface area contributed by atoms with Gasteiger partial charge in [0.15, 0.2) is 16.8 Å². The SMILES string of the molecule is O=C(O)CSc1n[nH]c(=O)n1-c1c(F)cc(F)cc1F. The first kappa shape index (κ1) is 14.2. The number of aromatic nitrogens is 3. The highest BCUT2D eigenvalue weighted by molar-refractivity contribution is 7.99. The number of benzene rings is 1. The maximum absolute atomic E-state index is 13.6. The molecule has 0 aliphatic heterocycles. The Morgan fingerprint density at radius 1 is 1.35 bits per heavy atom. The largest absolute Gasteiger partial charge is 0.481 e. The fourth-order valence-corrected chi connectivity index (χ4v) is 2.12. The number of aromatic amines is 1. The lowest BCUT2D eigenvalue weighted by Crippen LogP contribution is -2.19. The van der Waals surface area contributed by atoms with Crippen LogP contribution in [0.3, 0.4) is 0 Å². The molecule has 1 aromatic heterocycles. The highest BCUT2D eigenvalue weighted by Gasteiger charge is 2.20. The minimum absolute atomic E-state index is 0.248. The lowest BCUT2D eigenvalue weighted by Gasteiger charge is -2.07. The first-order chi connectivity index (χ1) is 9.40. The van der Waals surface area contributed by atoms with Gasteiger partial charge in [-0.05, 0) is 0 Å². The summed E-state index contributed by atoms with van der Waals surface area (Å²) in [7, 11) is 0. The number of carboxylic acid groups (broad SMARTS) is 1. The van der Waals surface area contributed by atoms with E-state index >= 15 is 0 Å². The second-order valence-corrected chi connectivity index (χ2v) is 4.49. The van der Waals surface area contributed by atoms with E-state index in [1.165, 1.54) is 0 Å². The van der Waals surface area contributed by atoms with Crippen molar-refractivity contribution in [2.45, 2.75) is 5.16 Å². The summed E-state index contributed by atoms with van der Waals surface area (Å²) in [5.74, 6) is -5.40. The molecule has 2 rings (SSSR count). The molecule has 2 N–H and O–H groups in total. The highest BCUT2D eigenvalue weighted by atomic mass is 32.2. The van der Waals surface area contributed by atoms with Gasteiger partial charge in [-0.15, -0.1) is 5.10 Å². The topological polar surface area (TPSA) is 88.0 Å². The van der Waals surface area contributed by atoms with Gasteiger partial charge in [-0.25, -0.2) is 27.6 Å². The van der Waals surface area contributed by atoms with Gasteiger partial charge in [0.2, 0.25) is 0 Å². The molecule has 10 heteroatoms. The number of nitrogens with zero attached hydrogens (tertiary/aromatic N) is 2. The molecule has 0 bridgehead atoms. The highest BCUT2D eigenvalue weighted by Crippen LogP contribution is 2.22. The summed E-state index contributed by atoms with van der Waals surface area (Å²) in [5, 5.41) is 13.7. The van der Waals surface area contributed by atoms with Crippen LogP contribution in [0.25, 0.3) is 5.69 Å². The molecule has 0 atom stereocenters. The summed E-state index contributed by atoms with van der Waals surface area (Å²) in [6.07, 6.45) is 0. The minimum Gasteiger partial charge on any atom is -0.481 e. The number of nitrogens with one attached hydrogen (secondary N) is 1. The van der Waals surface area contributed by atoms with Gasteiger partial charge in [0.05, 0.1) is 5.75 Å². The summed E-state index contributed by atoms with van der Waals surface area (Å²) >= 11 is 0.586. The third kappa shape index (κ3) is 2.69. The van der Waals surface area contributed by atoms with Crippen molar-refractivity contribution >= 4 is 17.7 Å². The summed E-state index contributed by atoms with van der Waals surface area (Å²) in [6, 6.07) is 0.812. The van der Waals surface area contributed by atoms with Crippen molar-refractivity contribution < 1.29 is 23.1 Å². The van der Waals surface area contributed by atoms with Gasteiger partial charge in [0, 0.05) is 12.1 Å². The molecule has 0 amide bonds. The van der Waals surface area contributed by atoms with Crippen LogP contribution < -0.4 is 5.69 Å². The van der Waals surface area contributed by atoms with E-state index in [0.717, 1.165) is 0 Å². The molecule has 1 heterocycles. The van der Waals surface area contributed by atoms with Gasteiger partial charge in [-0.2, -0.15) is 0 Å². The monoisotopic (exact) mass is 305 g/mol. The molecule has 0 unspecified atom stereocenters. The fraction of sp³-hybridized carbons (Fsp3) is 0.100.